The van der Waals surface area contributed by atoms with Gasteiger partial charge in [0, 0.05) is 17.8 Å². The van der Waals surface area contributed by atoms with E-state index in [1.54, 1.807) is 0 Å². The molecule has 126 valence electrons. The van der Waals surface area contributed by atoms with Crippen LogP contribution >= 0.6 is 0 Å². The summed E-state index contributed by atoms with van der Waals surface area (Å²) in [6.07, 6.45) is 5.91. The summed E-state index contributed by atoms with van der Waals surface area (Å²) in [6.45, 7) is 3.71. The number of hydrogen-bond acceptors (Lipinski definition) is 3. The van der Waals surface area contributed by atoms with Crippen LogP contribution in [0.1, 0.15) is 44.6 Å². The second kappa shape index (κ2) is 5.87. The van der Waals surface area contributed by atoms with Gasteiger partial charge in [0.25, 0.3) is 0 Å². The molecule has 2 aliphatic carbocycles. The van der Waals surface area contributed by atoms with E-state index in [1.807, 2.05) is 0 Å². The van der Waals surface area contributed by atoms with Crippen LogP contribution in [0.2, 0.25) is 0 Å². The highest BCUT2D eigenvalue weighted by atomic mass is 16.7. The number of hydrogen-bond donors (Lipinski definition) is 1. The third-order valence-corrected chi connectivity index (χ3v) is 6.78. The average Bonchev–Trinajstić information content (AvgIpc) is 3.04. The van der Waals surface area contributed by atoms with Crippen molar-refractivity contribution in [3.63, 3.8) is 0 Å². The van der Waals surface area contributed by atoms with Gasteiger partial charge in [-0.05, 0) is 37.2 Å². The first-order valence-corrected chi connectivity index (χ1v) is 9.16. The molecule has 1 N–H and O–H groups in total. The van der Waals surface area contributed by atoms with Gasteiger partial charge in [-0.3, -0.25) is 0 Å². The number of rotatable bonds is 2. The molecule has 3 aliphatic rings. The van der Waals surface area contributed by atoms with E-state index < -0.39 is 0 Å². The zero-order chi connectivity index (χ0) is 15.9. The molecule has 2 saturated carbocycles. The molecule has 4 atom stereocenters. The predicted octanol–water partition coefficient (Wildman–Crippen LogP) is 3.55. The fraction of sp³-hybridized carbons (Fsp3) is 0.700. The van der Waals surface area contributed by atoms with Crippen molar-refractivity contribution in [2.75, 3.05) is 13.2 Å². The first kappa shape index (κ1) is 15.6. The number of aliphatic hydroxyl groups excluding tert-OH is 1. The summed E-state index contributed by atoms with van der Waals surface area (Å²) in [5.74, 6) is 0.428. The van der Waals surface area contributed by atoms with Gasteiger partial charge < -0.3 is 14.6 Å². The molecule has 3 heteroatoms. The van der Waals surface area contributed by atoms with E-state index in [1.165, 1.54) is 12.0 Å². The maximum absolute atomic E-state index is 11.0. The quantitative estimate of drug-likeness (QED) is 0.907. The van der Waals surface area contributed by atoms with Crippen LogP contribution in [0, 0.1) is 17.3 Å². The molecule has 4 rings (SSSR count). The summed E-state index contributed by atoms with van der Waals surface area (Å²) in [4.78, 5) is 0. The Kier molecular flexibility index (Phi) is 3.99. The van der Waals surface area contributed by atoms with Crippen LogP contribution in [0.4, 0.5) is 0 Å². The van der Waals surface area contributed by atoms with Crippen LogP contribution in [0.5, 0.6) is 0 Å². The standard InChI is InChI=1S/C20H28O3/c1-15-17-8-5-9-18(21)19(17,14-16-6-3-2-4-7-16)10-11-20(15)22-12-13-23-20/h2-4,6-7,15,17-18,21H,5,8-14H2,1H3. The van der Waals surface area contributed by atoms with Crippen LogP contribution in [0.15, 0.2) is 30.3 Å². The summed E-state index contributed by atoms with van der Waals surface area (Å²) >= 11 is 0. The Labute approximate surface area is 139 Å². The normalized spacial score (nSPS) is 39.3. The third-order valence-electron chi connectivity index (χ3n) is 6.78. The lowest BCUT2D eigenvalue weighted by Crippen LogP contribution is -2.59. The van der Waals surface area contributed by atoms with Crippen LogP contribution in [-0.2, 0) is 15.9 Å². The Balaban J connectivity index is 1.67. The van der Waals surface area contributed by atoms with E-state index >= 15 is 0 Å². The minimum Gasteiger partial charge on any atom is -0.393 e. The first-order valence-electron chi connectivity index (χ1n) is 9.16. The summed E-state index contributed by atoms with van der Waals surface area (Å²) < 4.78 is 12.1. The zero-order valence-electron chi connectivity index (χ0n) is 14.0. The Morgan fingerprint density at radius 1 is 1.09 bits per heavy atom. The second-order valence-corrected chi connectivity index (χ2v) is 7.75. The number of aliphatic hydroxyl groups is 1. The highest BCUT2D eigenvalue weighted by Gasteiger charge is 2.59. The van der Waals surface area contributed by atoms with Crippen molar-refractivity contribution in [2.45, 2.75) is 57.3 Å². The molecule has 1 aliphatic heterocycles. The molecule has 1 heterocycles. The van der Waals surface area contributed by atoms with E-state index in [0.717, 1.165) is 32.1 Å². The van der Waals surface area contributed by atoms with E-state index in [2.05, 4.69) is 37.3 Å². The van der Waals surface area contributed by atoms with E-state index in [0.29, 0.717) is 25.0 Å². The van der Waals surface area contributed by atoms with Crippen LogP contribution in [0.3, 0.4) is 0 Å². The minimum atomic E-state index is -0.387. The van der Waals surface area contributed by atoms with Crippen molar-refractivity contribution in [3.8, 4) is 0 Å². The van der Waals surface area contributed by atoms with Gasteiger partial charge in [0.05, 0.1) is 19.3 Å². The molecular weight excluding hydrogens is 288 g/mol. The van der Waals surface area contributed by atoms with Crippen LogP contribution < -0.4 is 0 Å². The summed E-state index contributed by atoms with van der Waals surface area (Å²) in [5, 5.41) is 11.0. The highest BCUT2D eigenvalue weighted by molar-refractivity contribution is 5.19. The molecule has 0 amide bonds. The Bertz CT molecular complexity index is 537. The monoisotopic (exact) mass is 316 g/mol. The van der Waals surface area contributed by atoms with E-state index in [9.17, 15) is 5.11 Å². The lowest BCUT2D eigenvalue weighted by Gasteiger charge is -2.57. The molecule has 1 spiro atoms. The molecule has 3 nitrogen and oxygen atoms in total. The third kappa shape index (κ3) is 2.45. The molecule has 0 aromatic heterocycles. The van der Waals surface area contributed by atoms with Gasteiger partial charge in [-0.15, -0.1) is 0 Å². The molecule has 0 radical (unpaired) electrons. The van der Waals surface area contributed by atoms with Gasteiger partial charge in [-0.1, -0.05) is 43.7 Å². The SMILES string of the molecule is CC1C2CCCC(O)C2(Cc2ccccc2)CCC12OCCO2. The zero-order valence-corrected chi connectivity index (χ0v) is 14.0. The van der Waals surface area contributed by atoms with Crippen molar-refractivity contribution in [1.29, 1.82) is 0 Å². The molecule has 1 saturated heterocycles. The second-order valence-electron chi connectivity index (χ2n) is 7.75. The minimum absolute atomic E-state index is 0.0143. The Morgan fingerprint density at radius 3 is 2.57 bits per heavy atom. The molecular formula is C20H28O3. The first-order chi connectivity index (χ1) is 11.2. The summed E-state index contributed by atoms with van der Waals surface area (Å²) in [5.41, 5.74) is 1.33. The van der Waals surface area contributed by atoms with E-state index in [4.69, 9.17) is 9.47 Å². The largest absolute Gasteiger partial charge is 0.393 e. The number of benzene rings is 1. The molecule has 3 fully saturated rings. The van der Waals surface area contributed by atoms with Crippen molar-refractivity contribution in [2.24, 2.45) is 17.3 Å². The number of ether oxygens (including phenoxy) is 2. The molecule has 0 bridgehead atoms. The summed E-state index contributed by atoms with van der Waals surface area (Å²) in [7, 11) is 0. The van der Waals surface area contributed by atoms with E-state index in [-0.39, 0.29) is 17.3 Å². The Hall–Kier alpha value is -0.900. The topological polar surface area (TPSA) is 38.7 Å². The Morgan fingerprint density at radius 2 is 1.83 bits per heavy atom. The lowest BCUT2D eigenvalue weighted by molar-refractivity contribution is -0.261. The smallest absolute Gasteiger partial charge is 0.171 e. The highest BCUT2D eigenvalue weighted by Crippen LogP contribution is 2.58. The van der Waals surface area contributed by atoms with Gasteiger partial charge in [-0.25, -0.2) is 0 Å². The molecule has 1 aromatic rings. The average molecular weight is 316 g/mol. The maximum Gasteiger partial charge on any atom is 0.171 e. The van der Waals surface area contributed by atoms with Gasteiger partial charge in [-0.2, -0.15) is 0 Å². The maximum atomic E-state index is 11.0. The van der Waals surface area contributed by atoms with Gasteiger partial charge >= 0.3 is 0 Å². The molecule has 4 unspecified atom stereocenters. The molecule has 23 heavy (non-hydrogen) atoms. The van der Waals surface area contributed by atoms with Crippen LogP contribution in [0.25, 0.3) is 0 Å². The van der Waals surface area contributed by atoms with Gasteiger partial charge in [0.1, 0.15) is 0 Å². The predicted molar refractivity (Wildman–Crippen MR) is 89.0 cm³/mol. The lowest BCUT2D eigenvalue weighted by atomic mass is 9.51. The summed E-state index contributed by atoms with van der Waals surface area (Å²) in [6, 6.07) is 10.7. The van der Waals surface area contributed by atoms with Crippen molar-refractivity contribution in [1.82, 2.24) is 0 Å². The van der Waals surface area contributed by atoms with Crippen molar-refractivity contribution in [3.05, 3.63) is 35.9 Å². The molecule has 1 aromatic carbocycles. The van der Waals surface area contributed by atoms with Crippen molar-refractivity contribution >= 4 is 0 Å². The van der Waals surface area contributed by atoms with Gasteiger partial charge in [0.15, 0.2) is 5.79 Å². The van der Waals surface area contributed by atoms with Gasteiger partial charge in [0.2, 0.25) is 0 Å². The van der Waals surface area contributed by atoms with Crippen molar-refractivity contribution < 1.29 is 14.6 Å². The van der Waals surface area contributed by atoms with Crippen LogP contribution in [-0.4, -0.2) is 30.2 Å². The fourth-order valence-electron chi connectivity index (χ4n) is 5.59. The number of fused-ring (bicyclic) bond motifs is 1. The fourth-order valence-corrected chi connectivity index (χ4v) is 5.59.